The third-order valence-corrected chi connectivity index (χ3v) is 3.48. The number of nitrogens with one attached hydrogen (secondary N) is 2. The fourth-order valence-corrected chi connectivity index (χ4v) is 2.58. The Morgan fingerprint density at radius 2 is 1.88 bits per heavy atom. The molecule has 90 valence electrons. The fraction of sp³-hybridized carbons (Fsp3) is 0.429. The van der Waals surface area contributed by atoms with Gasteiger partial charge in [0.1, 0.15) is 11.5 Å². The molecule has 2 unspecified atom stereocenters. The van der Waals surface area contributed by atoms with Gasteiger partial charge in [-0.25, -0.2) is 0 Å². The summed E-state index contributed by atoms with van der Waals surface area (Å²) >= 11 is 0. The summed E-state index contributed by atoms with van der Waals surface area (Å²) in [6, 6.07) is 9.19. The summed E-state index contributed by atoms with van der Waals surface area (Å²) in [4.78, 5) is 3.40. The largest absolute Gasteiger partial charge is 0.465 e. The molecule has 2 N–H and O–H groups in total. The summed E-state index contributed by atoms with van der Waals surface area (Å²) in [5.74, 6) is 2.05. The number of furan rings is 1. The molecule has 1 aliphatic rings. The van der Waals surface area contributed by atoms with E-state index < -0.39 is 0 Å². The lowest BCUT2D eigenvalue weighted by atomic mass is 10.1. The first-order chi connectivity index (χ1) is 8.22. The van der Waals surface area contributed by atoms with Gasteiger partial charge in [-0.05, 0) is 51.0 Å². The van der Waals surface area contributed by atoms with E-state index in [2.05, 4.69) is 35.4 Å². The monoisotopic (exact) mass is 230 g/mol. The second-order valence-electron chi connectivity index (χ2n) is 4.89. The van der Waals surface area contributed by atoms with Gasteiger partial charge in [0.05, 0.1) is 6.04 Å². The second-order valence-corrected chi connectivity index (χ2v) is 4.89. The summed E-state index contributed by atoms with van der Waals surface area (Å²) in [6.45, 7) is 4.08. The molecule has 0 amide bonds. The maximum Gasteiger partial charge on any atom is 0.121 e. The van der Waals surface area contributed by atoms with Gasteiger partial charge in [-0.2, -0.15) is 0 Å². The predicted molar refractivity (Wildman–Crippen MR) is 66.8 cm³/mol. The summed E-state index contributed by atoms with van der Waals surface area (Å²) < 4.78 is 5.68. The van der Waals surface area contributed by atoms with E-state index in [-0.39, 0.29) is 0 Å². The zero-order chi connectivity index (χ0) is 11.8. The number of hydrogen-bond acceptors (Lipinski definition) is 2. The van der Waals surface area contributed by atoms with Crippen LogP contribution >= 0.6 is 0 Å². The molecule has 0 radical (unpaired) electrons. The van der Waals surface area contributed by atoms with Crippen LogP contribution in [-0.4, -0.2) is 4.98 Å². The van der Waals surface area contributed by atoms with Crippen LogP contribution in [0.4, 0.5) is 0 Å². The van der Waals surface area contributed by atoms with Crippen molar-refractivity contribution in [3.05, 3.63) is 47.2 Å². The Bertz CT molecular complexity index is 466. The first-order valence-corrected chi connectivity index (χ1v) is 6.20. The van der Waals surface area contributed by atoms with Crippen LogP contribution in [0, 0.1) is 13.8 Å². The normalized spacial score (nSPS) is 24.4. The SMILES string of the molecule is Cc1ccc(C2CCC(c3ccc(C)o3)N2)[nH]1. The molecule has 1 fully saturated rings. The highest BCUT2D eigenvalue weighted by Crippen LogP contribution is 2.34. The Balaban J connectivity index is 1.73. The van der Waals surface area contributed by atoms with Gasteiger partial charge >= 0.3 is 0 Å². The third-order valence-electron chi connectivity index (χ3n) is 3.48. The highest BCUT2D eigenvalue weighted by molar-refractivity contribution is 5.19. The van der Waals surface area contributed by atoms with Crippen LogP contribution in [0.5, 0.6) is 0 Å². The number of rotatable bonds is 2. The Morgan fingerprint density at radius 3 is 2.53 bits per heavy atom. The van der Waals surface area contributed by atoms with E-state index in [0.717, 1.165) is 24.4 Å². The molecule has 0 spiro atoms. The molecule has 3 rings (SSSR count). The van der Waals surface area contributed by atoms with Crippen molar-refractivity contribution in [1.82, 2.24) is 10.3 Å². The molecule has 3 heterocycles. The Morgan fingerprint density at radius 1 is 1.06 bits per heavy atom. The van der Waals surface area contributed by atoms with E-state index in [0.29, 0.717) is 12.1 Å². The van der Waals surface area contributed by atoms with Gasteiger partial charge in [-0.1, -0.05) is 0 Å². The van der Waals surface area contributed by atoms with Crippen LogP contribution in [0.3, 0.4) is 0 Å². The highest BCUT2D eigenvalue weighted by atomic mass is 16.3. The van der Waals surface area contributed by atoms with Gasteiger partial charge in [0.2, 0.25) is 0 Å². The smallest absolute Gasteiger partial charge is 0.121 e. The number of aromatic amines is 1. The summed E-state index contributed by atoms with van der Waals surface area (Å²) in [7, 11) is 0. The van der Waals surface area contributed by atoms with Crippen LogP contribution in [0.25, 0.3) is 0 Å². The van der Waals surface area contributed by atoms with Gasteiger partial charge in [0, 0.05) is 17.4 Å². The lowest BCUT2D eigenvalue weighted by molar-refractivity contribution is 0.418. The molecule has 3 nitrogen and oxygen atoms in total. The van der Waals surface area contributed by atoms with Crippen LogP contribution in [0.15, 0.2) is 28.7 Å². The number of H-pyrrole nitrogens is 1. The molecule has 0 aliphatic carbocycles. The molecule has 2 aromatic rings. The van der Waals surface area contributed by atoms with Crippen LogP contribution in [-0.2, 0) is 0 Å². The van der Waals surface area contributed by atoms with E-state index >= 15 is 0 Å². The van der Waals surface area contributed by atoms with E-state index in [4.69, 9.17) is 4.42 Å². The maximum absolute atomic E-state index is 5.68. The fourth-order valence-electron chi connectivity index (χ4n) is 2.58. The summed E-state index contributed by atoms with van der Waals surface area (Å²) in [6.07, 6.45) is 2.29. The summed E-state index contributed by atoms with van der Waals surface area (Å²) in [5, 5.41) is 3.63. The first-order valence-electron chi connectivity index (χ1n) is 6.20. The zero-order valence-corrected chi connectivity index (χ0v) is 10.3. The molecular formula is C14H18N2O. The van der Waals surface area contributed by atoms with Crippen molar-refractivity contribution in [1.29, 1.82) is 0 Å². The van der Waals surface area contributed by atoms with E-state index in [9.17, 15) is 0 Å². The van der Waals surface area contributed by atoms with Crippen LogP contribution < -0.4 is 5.32 Å². The Labute approximate surface area is 101 Å². The molecule has 0 saturated carbocycles. The minimum atomic E-state index is 0.359. The molecule has 0 aromatic carbocycles. The van der Waals surface area contributed by atoms with E-state index in [1.54, 1.807) is 0 Å². The van der Waals surface area contributed by atoms with Crippen molar-refractivity contribution < 1.29 is 4.42 Å². The maximum atomic E-state index is 5.68. The molecule has 3 heteroatoms. The average molecular weight is 230 g/mol. The molecule has 1 aliphatic heterocycles. The molecule has 2 aromatic heterocycles. The second kappa shape index (κ2) is 4.08. The lowest BCUT2D eigenvalue weighted by Crippen LogP contribution is -2.17. The average Bonchev–Trinajstić information content (AvgIpc) is 2.96. The topological polar surface area (TPSA) is 41.0 Å². The quantitative estimate of drug-likeness (QED) is 0.830. The zero-order valence-electron chi connectivity index (χ0n) is 10.3. The molecule has 2 atom stereocenters. The van der Waals surface area contributed by atoms with Crippen molar-refractivity contribution in [2.24, 2.45) is 0 Å². The number of aromatic nitrogens is 1. The van der Waals surface area contributed by atoms with Gasteiger partial charge in [-0.3, -0.25) is 5.32 Å². The highest BCUT2D eigenvalue weighted by Gasteiger charge is 2.28. The van der Waals surface area contributed by atoms with Gasteiger partial charge in [0.25, 0.3) is 0 Å². The van der Waals surface area contributed by atoms with Crippen molar-refractivity contribution in [3.8, 4) is 0 Å². The van der Waals surface area contributed by atoms with Gasteiger partial charge in [0.15, 0.2) is 0 Å². The Hall–Kier alpha value is -1.48. The standard InChI is InChI=1S/C14H18N2O/c1-9-3-5-11(15-9)12-6-7-13(16-12)14-8-4-10(2)17-14/h3-5,8,12-13,15-16H,6-7H2,1-2H3. The van der Waals surface area contributed by atoms with Gasteiger partial charge < -0.3 is 9.40 Å². The minimum Gasteiger partial charge on any atom is -0.465 e. The molecule has 1 saturated heterocycles. The van der Waals surface area contributed by atoms with E-state index in [1.807, 2.05) is 13.0 Å². The predicted octanol–water partition coefficient (Wildman–Crippen LogP) is 3.39. The first kappa shape index (κ1) is 10.7. The third kappa shape index (κ3) is 2.03. The van der Waals surface area contributed by atoms with Crippen LogP contribution in [0.1, 0.15) is 47.8 Å². The molecule has 0 bridgehead atoms. The van der Waals surface area contributed by atoms with Crippen molar-refractivity contribution >= 4 is 0 Å². The Kier molecular flexibility index (Phi) is 2.56. The lowest BCUT2D eigenvalue weighted by Gasteiger charge is -2.11. The van der Waals surface area contributed by atoms with Crippen LogP contribution in [0.2, 0.25) is 0 Å². The van der Waals surface area contributed by atoms with Crippen molar-refractivity contribution in [2.75, 3.05) is 0 Å². The summed E-state index contributed by atoms with van der Waals surface area (Å²) in [5.41, 5.74) is 2.51. The number of hydrogen-bond donors (Lipinski definition) is 2. The van der Waals surface area contributed by atoms with Crippen molar-refractivity contribution in [3.63, 3.8) is 0 Å². The minimum absolute atomic E-state index is 0.359. The molecular weight excluding hydrogens is 212 g/mol. The van der Waals surface area contributed by atoms with Gasteiger partial charge in [-0.15, -0.1) is 0 Å². The number of aryl methyl sites for hydroxylation is 2. The van der Waals surface area contributed by atoms with E-state index in [1.165, 1.54) is 11.4 Å². The van der Waals surface area contributed by atoms with Crippen molar-refractivity contribution in [2.45, 2.75) is 38.8 Å². The molecule has 17 heavy (non-hydrogen) atoms.